The summed E-state index contributed by atoms with van der Waals surface area (Å²) in [7, 11) is -0.738. The predicted molar refractivity (Wildman–Crippen MR) is 95.9 cm³/mol. The number of benzene rings is 1. The molecule has 4 atom stereocenters. The Hall–Kier alpha value is -1.20. The molecule has 3 fully saturated rings. The molecule has 24 heavy (non-hydrogen) atoms. The Balaban J connectivity index is 1.44. The molecular formula is C19H26N2O2S. The first-order valence-electron chi connectivity index (χ1n) is 9.08. The van der Waals surface area contributed by atoms with Crippen molar-refractivity contribution in [1.29, 1.82) is 0 Å². The van der Waals surface area contributed by atoms with Crippen LogP contribution >= 0.6 is 0 Å². The highest BCUT2D eigenvalue weighted by Crippen LogP contribution is 2.49. The van der Waals surface area contributed by atoms with E-state index in [1.807, 2.05) is 6.07 Å². The molecule has 0 bridgehead atoms. The minimum atomic E-state index is -0.738. The second-order valence-corrected chi connectivity index (χ2v) is 9.29. The molecule has 1 amide bonds. The lowest BCUT2D eigenvalue weighted by atomic mass is 9.79. The highest BCUT2D eigenvalue weighted by Gasteiger charge is 2.54. The minimum absolute atomic E-state index is 0.122. The van der Waals surface area contributed by atoms with E-state index in [1.54, 1.807) is 0 Å². The van der Waals surface area contributed by atoms with Gasteiger partial charge in [-0.15, -0.1) is 0 Å². The van der Waals surface area contributed by atoms with E-state index < -0.39 is 10.8 Å². The fraction of sp³-hybridized carbons (Fsp3) is 0.632. The third kappa shape index (κ3) is 3.04. The number of hydrogen-bond donors (Lipinski definition) is 1. The Morgan fingerprint density at radius 1 is 1.29 bits per heavy atom. The monoisotopic (exact) mass is 346 g/mol. The van der Waals surface area contributed by atoms with Crippen LogP contribution in [0.25, 0.3) is 0 Å². The van der Waals surface area contributed by atoms with Gasteiger partial charge in [0.15, 0.2) is 0 Å². The molecule has 0 aromatic heterocycles. The van der Waals surface area contributed by atoms with Crippen molar-refractivity contribution in [3.63, 3.8) is 0 Å². The maximum atomic E-state index is 13.1. The summed E-state index contributed by atoms with van der Waals surface area (Å²) in [4.78, 5) is 15.5. The lowest BCUT2D eigenvalue weighted by Gasteiger charge is -2.29. The molecule has 5 heteroatoms. The van der Waals surface area contributed by atoms with E-state index in [0.717, 1.165) is 51.1 Å². The first kappa shape index (κ1) is 16.3. The lowest BCUT2D eigenvalue weighted by molar-refractivity contribution is -0.132. The molecule has 130 valence electrons. The van der Waals surface area contributed by atoms with Crippen LogP contribution in [-0.2, 0) is 22.1 Å². The average Bonchev–Trinajstić information content (AvgIpc) is 3.23. The summed E-state index contributed by atoms with van der Waals surface area (Å²) >= 11 is 0. The number of carbonyl (C=O) groups excluding carboxylic acids is 1. The van der Waals surface area contributed by atoms with E-state index in [9.17, 15) is 9.00 Å². The fourth-order valence-electron chi connectivity index (χ4n) is 4.83. The molecule has 2 heterocycles. The van der Waals surface area contributed by atoms with Crippen molar-refractivity contribution >= 4 is 16.7 Å². The molecule has 1 aliphatic carbocycles. The number of nitrogens with one attached hydrogen (secondary N) is 1. The van der Waals surface area contributed by atoms with Crippen molar-refractivity contribution in [2.45, 2.75) is 38.3 Å². The largest absolute Gasteiger partial charge is 0.352 e. The molecule has 1 N–H and O–H groups in total. The van der Waals surface area contributed by atoms with Gasteiger partial charge >= 0.3 is 0 Å². The van der Waals surface area contributed by atoms with Crippen molar-refractivity contribution in [1.82, 2.24) is 10.2 Å². The van der Waals surface area contributed by atoms with Gasteiger partial charge in [-0.2, -0.15) is 0 Å². The maximum Gasteiger partial charge on any atom is 0.228 e. The zero-order valence-electron chi connectivity index (χ0n) is 14.1. The normalized spacial score (nSPS) is 35.9. The molecule has 2 aliphatic heterocycles. The van der Waals surface area contributed by atoms with Crippen LogP contribution in [0.5, 0.6) is 0 Å². The van der Waals surface area contributed by atoms with Gasteiger partial charge in [-0.05, 0) is 30.7 Å². The van der Waals surface area contributed by atoms with Crippen LogP contribution in [0.1, 0.15) is 31.2 Å². The zero-order chi connectivity index (χ0) is 16.6. The third-order valence-corrected chi connectivity index (χ3v) is 7.52. The van der Waals surface area contributed by atoms with Gasteiger partial charge in [0, 0.05) is 48.0 Å². The summed E-state index contributed by atoms with van der Waals surface area (Å²) < 4.78 is 11.6. The number of fused-ring (bicyclic) bond motifs is 1. The molecule has 1 aromatic carbocycles. The zero-order valence-corrected chi connectivity index (χ0v) is 14.9. The Morgan fingerprint density at radius 2 is 2.12 bits per heavy atom. The van der Waals surface area contributed by atoms with E-state index in [4.69, 9.17) is 0 Å². The van der Waals surface area contributed by atoms with Crippen LogP contribution in [0.2, 0.25) is 0 Å². The standard InChI is InChI=1S/C19H26N2O2S/c22-18(20-17-8-10-24(23)13-17)19-9-4-7-16(19)12-21(14-19)11-15-5-2-1-3-6-15/h1-3,5-6,16-17H,4,7-14H2,(H,20,22)/t16-,17-,19-,24+/m1/s1. The van der Waals surface area contributed by atoms with Gasteiger partial charge in [0.2, 0.25) is 5.91 Å². The van der Waals surface area contributed by atoms with Crippen LogP contribution in [0.3, 0.4) is 0 Å². The number of rotatable bonds is 4. The summed E-state index contributed by atoms with van der Waals surface area (Å²) in [5.41, 5.74) is 1.11. The van der Waals surface area contributed by atoms with Gasteiger partial charge < -0.3 is 5.32 Å². The SMILES string of the molecule is O=C(N[C@@H]1CC[S@](=O)C1)[C@@]12CCC[C@@H]1CN(Cc1ccccc1)C2. The molecule has 4 rings (SSSR count). The van der Waals surface area contributed by atoms with Crippen molar-refractivity contribution in [3.05, 3.63) is 35.9 Å². The van der Waals surface area contributed by atoms with Gasteiger partial charge in [-0.1, -0.05) is 36.8 Å². The van der Waals surface area contributed by atoms with E-state index in [-0.39, 0.29) is 17.4 Å². The Kier molecular flexibility index (Phi) is 4.48. The van der Waals surface area contributed by atoms with Crippen LogP contribution < -0.4 is 5.32 Å². The molecule has 1 saturated carbocycles. The van der Waals surface area contributed by atoms with Crippen molar-refractivity contribution in [3.8, 4) is 0 Å². The topological polar surface area (TPSA) is 49.4 Å². The van der Waals surface area contributed by atoms with Crippen molar-refractivity contribution < 1.29 is 9.00 Å². The van der Waals surface area contributed by atoms with Crippen LogP contribution in [0, 0.1) is 11.3 Å². The summed E-state index contributed by atoms with van der Waals surface area (Å²) in [6.45, 7) is 2.83. The maximum absolute atomic E-state index is 13.1. The highest BCUT2D eigenvalue weighted by atomic mass is 32.2. The first-order valence-corrected chi connectivity index (χ1v) is 10.6. The Morgan fingerprint density at radius 3 is 2.88 bits per heavy atom. The van der Waals surface area contributed by atoms with Crippen molar-refractivity contribution in [2.75, 3.05) is 24.6 Å². The second-order valence-electron chi connectivity index (χ2n) is 7.67. The fourth-order valence-corrected chi connectivity index (χ4v) is 6.25. The van der Waals surface area contributed by atoms with Crippen LogP contribution in [-0.4, -0.2) is 45.7 Å². The average molecular weight is 346 g/mol. The Bertz CT molecular complexity index is 636. The first-order chi connectivity index (χ1) is 11.7. The molecule has 0 unspecified atom stereocenters. The summed E-state index contributed by atoms with van der Waals surface area (Å²) in [5, 5.41) is 3.24. The molecule has 3 aliphatic rings. The van der Waals surface area contributed by atoms with Crippen LogP contribution in [0.15, 0.2) is 30.3 Å². The summed E-state index contributed by atoms with van der Waals surface area (Å²) in [6, 6.07) is 10.6. The van der Waals surface area contributed by atoms with Crippen molar-refractivity contribution in [2.24, 2.45) is 11.3 Å². The molecule has 2 saturated heterocycles. The lowest BCUT2D eigenvalue weighted by Crippen LogP contribution is -2.48. The number of carbonyl (C=O) groups is 1. The van der Waals surface area contributed by atoms with Gasteiger partial charge in [0.05, 0.1) is 5.41 Å². The van der Waals surface area contributed by atoms with Gasteiger partial charge in [-0.3, -0.25) is 13.9 Å². The van der Waals surface area contributed by atoms with E-state index in [2.05, 4.69) is 34.5 Å². The van der Waals surface area contributed by atoms with E-state index in [1.165, 1.54) is 5.56 Å². The van der Waals surface area contributed by atoms with Gasteiger partial charge in [0.1, 0.15) is 0 Å². The second kappa shape index (κ2) is 6.60. The number of nitrogens with zero attached hydrogens (tertiary/aromatic N) is 1. The van der Waals surface area contributed by atoms with E-state index >= 15 is 0 Å². The van der Waals surface area contributed by atoms with Gasteiger partial charge in [0.25, 0.3) is 0 Å². The summed E-state index contributed by atoms with van der Waals surface area (Å²) in [6.07, 6.45) is 4.20. The number of amides is 1. The molecule has 4 nitrogen and oxygen atoms in total. The van der Waals surface area contributed by atoms with E-state index in [0.29, 0.717) is 11.7 Å². The molecule has 0 radical (unpaired) electrons. The highest BCUT2D eigenvalue weighted by molar-refractivity contribution is 7.85. The minimum Gasteiger partial charge on any atom is -0.352 e. The third-order valence-electron chi connectivity index (χ3n) is 6.06. The smallest absolute Gasteiger partial charge is 0.228 e. The molecular weight excluding hydrogens is 320 g/mol. The number of likely N-dealkylation sites (tertiary alicyclic amines) is 1. The quantitative estimate of drug-likeness (QED) is 0.906. The molecule has 1 aromatic rings. The predicted octanol–water partition coefficient (Wildman–Crippen LogP) is 1.93. The van der Waals surface area contributed by atoms with Gasteiger partial charge in [-0.25, -0.2) is 0 Å². The molecule has 0 spiro atoms. The van der Waals surface area contributed by atoms with Crippen LogP contribution in [0.4, 0.5) is 0 Å². The summed E-state index contributed by atoms with van der Waals surface area (Å²) in [5.74, 6) is 2.08. The number of hydrogen-bond acceptors (Lipinski definition) is 3. The Labute approximate surface area is 146 Å².